The van der Waals surface area contributed by atoms with Gasteiger partial charge in [-0.15, -0.1) is 0 Å². The third-order valence-electron chi connectivity index (χ3n) is 5.82. The highest BCUT2D eigenvalue weighted by Gasteiger charge is 2.04. The van der Waals surface area contributed by atoms with Gasteiger partial charge in [-0.25, -0.2) is 0 Å². The van der Waals surface area contributed by atoms with Crippen molar-refractivity contribution in [2.45, 2.75) is 147 Å². The fraction of sp³-hybridized carbons (Fsp3) is 1.00. The standard InChI is InChI=1S/C23H46O/c24-23-21-19-17-15-13-11-9-7-5-3-1-2-4-6-8-10-12-14-16-18-20-22-23/h23-24H,1-22H2. The van der Waals surface area contributed by atoms with Crippen molar-refractivity contribution < 1.29 is 5.11 Å². The van der Waals surface area contributed by atoms with Crippen molar-refractivity contribution >= 4 is 0 Å². The summed E-state index contributed by atoms with van der Waals surface area (Å²) in [5, 5.41) is 10.1. The second-order valence-electron chi connectivity index (χ2n) is 8.30. The van der Waals surface area contributed by atoms with Gasteiger partial charge in [-0.1, -0.05) is 128 Å². The minimum absolute atomic E-state index is 0.0217. The molecule has 1 N–H and O–H groups in total. The van der Waals surface area contributed by atoms with Gasteiger partial charge >= 0.3 is 0 Å². The molecule has 0 atom stereocenters. The van der Waals surface area contributed by atoms with Crippen LogP contribution in [-0.2, 0) is 0 Å². The first-order chi connectivity index (χ1) is 11.9. The van der Waals surface area contributed by atoms with Gasteiger partial charge < -0.3 is 5.11 Å². The van der Waals surface area contributed by atoms with Crippen LogP contribution in [0.4, 0.5) is 0 Å². The molecule has 0 aromatic carbocycles. The maximum Gasteiger partial charge on any atom is 0.0540 e. The van der Waals surface area contributed by atoms with E-state index in [0.717, 1.165) is 12.8 Å². The molecule has 0 aromatic rings. The highest BCUT2D eigenvalue weighted by Crippen LogP contribution is 2.17. The summed E-state index contributed by atoms with van der Waals surface area (Å²) in [6.45, 7) is 0. The van der Waals surface area contributed by atoms with Crippen molar-refractivity contribution in [3.63, 3.8) is 0 Å². The molecule has 0 aliphatic heterocycles. The summed E-state index contributed by atoms with van der Waals surface area (Å²) in [4.78, 5) is 0. The minimum Gasteiger partial charge on any atom is -0.393 e. The summed E-state index contributed by atoms with van der Waals surface area (Å²) in [6.07, 6.45) is 30.3. The molecule has 1 saturated carbocycles. The predicted molar refractivity (Wildman–Crippen MR) is 108 cm³/mol. The lowest BCUT2D eigenvalue weighted by molar-refractivity contribution is 0.147. The molecule has 0 amide bonds. The highest BCUT2D eigenvalue weighted by molar-refractivity contribution is 4.58. The van der Waals surface area contributed by atoms with Crippen LogP contribution in [0, 0.1) is 0 Å². The van der Waals surface area contributed by atoms with Gasteiger partial charge in [0.15, 0.2) is 0 Å². The molecule has 0 radical (unpaired) electrons. The van der Waals surface area contributed by atoms with Crippen LogP contribution in [0.2, 0.25) is 0 Å². The van der Waals surface area contributed by atoms with Crippen molar-refractivity contribution in [1.29, 1.82) is 0 Å². The van der Waals surface area contributed by atoms with Gasteiger partial charge in [0.2, 0.25) is 0 Å². The zero-order chi connectivity index (χ0) is 17.1. The molecule has 1 nitrogen and oxygen atoms in total. The Hall–Kier alpha value is -0.0400. The van der Waals surface area contributed by atoms with Crippen molar-refractivity contribution in [1.82, 2.24) is 0 Å². The van der Waals surface area contributed by atoms with E-state index >= 15 is 0 Å². The van der Waals surface area contributed by atoms with Crippen LogP contribution in [0.1, 0.15) is 141 Å². The van der Waals surface area contributed by atoms with Crippen molar-refractivity contribution in [2.75, 3.05) is 0 Å². The minimum atomic E-state index is -0.0217. The molecule has 1 fully saturated rings. The summed E-state index contributed by atoms with van der Waals surface area (Å²) in [5.41, 5.74) is 0. The normalized spacial score (nSPS) is 24.4. The van der Waals surface area contributed by atoms with Crippen LogP contribution < -0.4 is 0 Å². The quantitative estimate of drug-likeness (QED) is 0.475. The molecule has 1 aliphatic carbocycles. The molecule has 1 rings (SSSR count). The number of aliphatic hydroxyl groups excluding tert-OH is 1. The summed E-state index contributed by atoms with van der Waals surface area (Å²) < 4.78 is 0. The maximum absolute atomic E-state index is 10.1. The lowest BCUT2D eigenvalue weighted by atomic mass is 10.0. The second-order valence-corrected chi connectivity index (χ2v) is 8.30. The van der Waals surface area contributed by atoms with Crippen LogP contribution in [0.3, 0.4) is 0 Å². The highest BCUT2D eigenvalue weighted by atomic mass is 16.3. The van der Waals surface area contributed by atoms with Crippen molar-refractivity contribution in [3.05, 3.63) is 0 Å². The third-order valence-corrected chi connectivity index (χ3v) is 5.82. The number of aliphatic hydroxyl groups is 1. The molecule has 1 heteroatoms. The molecular weight excluding hydrogens is 292 g/mol. The van der Waals surface area contributed by atoms with E-state index in [-0.39, 0.29) is 6.10 Å². The largest absolute Gasteiger partial charge is 0.393 e. The molecular formula is C23H46O. The molecule has 24 heavy (non-hydrogen) atoms. The maximum atomic E-state index is 10.1. The summed E-state index contributed by atoms with van der Waals surface area (Å²) in [5.74, 6) is 0. The lowest BCUT2D eigenvalue weighted by Crippen LogP contribution is -2.05. The Bertz CT molecular complexity index is 214. The van der Waals surface area contributed by atoms with E-state index in [0.29, 0.717) is 0 Å². The number of rotatable bonds is 0. The SMILES string of the molecule is OC1CCCCCCCCCCCCCCCCCCCCCC1. The molecule has 144 valence electrons. The Balaban J connectivity index is 2.07. The Labute approximate surface area is 153 Å². The van der Waals surface area contributed by atoms with Gasteiger partial charge in [0.1, 0.15) is 0 Å². The van der Waals surface area contributed by atoms with Crippen LogP contribution in [-0.4, -0.2) is 11.2 Å². The molecule has 1 aliphatic rings. The van der Waals surface area contributed by atoms with E-state index in [2.05, 4.69) is 0 Å². The first-order valence-corrected chi connectivity index (χ1v) is 11.6. The lowest BCUT2D eigenvalue weighted by Gasteiger charge is -2.10. The summed E-state index contributed by atoms with van der Waals surface area (Å²) in [6, 6.07) is 0. The smallest absolute Gasteiger partial charge is 0.0540 e. The first kappa shape index (κ1) is 22.0. The van der Waals surface area contributed by atoms with Gasteiger partial charge in [0, 0.05) is 0 Å². The zero-order valence-electron chi connectivity index (χ0n) is 16.6. The van der Waals surface area contributed by atoms with Gasteiger partial charge in [-0.3, -0.25) is 0 Å². The van der Waals surface area contributed by atoms with Gasteiger partial charge in [0.25, 0.3) is 0 Å². The van der Waals surface area contributed by atoms with Gasteiger partial charge in [0.05, 0.1) is 6.10 Å². The number of hydrogen-bond acceptors (Lipinski definition) is 1. The van der Waals surface area contributed by atoms with Crippen molar-refractivity contribution in [3.8, 4) is 0 Å². The first-order valence-electron chi connectivity index (χ1n) is 11.6. The van der Waals surface area contributed by atoms with Crippen LogP contribution in [0.5, 0.6) is 0 Å². The average molecular weight is 339 g/mol. The van der Waals surface area contributed by atoms with E-state index in [9.17, 15) is 5.11 Å². The predicted octanol–water partition coefficient (Wildman–Crippen LogP) is 7.94. The molecule has 0 spiro atoms. The zero-order valence-corrected chi connectivity index (χ0v) is 16.6. The average Bonchev–Trinajstić information content (AvgIpc) is 2.58. The topological polar surface area (TPSA) is 20.2 Å². The molecule has 0 heterocycles. The van der Waals surface area contributed by atoms with E-state index in [1.165, 1.54) is 128 Å². The van der Waals surface area contributed by atoms with E-state index in [1.807, 2.05) is 0 Å². The van der Waals surface area contributed by atoms with Crippen LogP contribution >= 0.6 is 0 Å². The van der Waals surface area contributed by atoms with E-state index < -0.39 is 0 Å². The fourth-order valence-electron chi connectivity index (χ4n) is 4.09. The van der Waals surface area contributed by atoms with E-state index in [1.54, 1.807) is 0 Å². The number of hydrogen-bond donors (Lipinski definition) is 1. The molecule has 0 bridgehead atoms. The molecule has 0 saturated heterocycles. The van der Waals surface area contributed by atoms with E-state index in [4.69, 9.17) is 0 Å². The fourth-order valence-corrected chi connectivity index (χ4v) is 4.09. The van der Waals surface area contributed by atoms with Gasteiger partial charge in [-0.05, 0) is 12.8 Å². The van der Waals surface area contributed by atoms with Crippen LogP contribution in [0.25, 0.3) is 0 Å². The third kappa shape index (κ3) is 15.5. The van der Waals surface area contributed by atoms with Crippen LogP contribution in [0.15, 0.2) is 0 Å². The Kier molecular flexibility index (Phi) is 16.3. The summed E-state index contributed by atoms with van der Waals surface area (Å²) >= 11 is 0. The molecule has 0 aromatic heterocycles. The Morgan fingerprint density at radius 1 is 0.292 bits per heavy atom. The second kappa shape index (κ2) is 17.8. The van der Waals surface area contributed by atoms with Crippen molar-refractivity contribution in [2.24, 2.45) is 0 Å². The monoisotopic (exact) mass is 338 g/mol. The molecule has 0 unspecified atom stereocenters. The van der Waals surface area contributed by atoms with Gasteiger partial charge in [-0.2, -0.15) is 0 Å². The summed E-state index contributed by atoms with van der Waals surface area (Å²) in [7, 11) is 0. The Morgan fingerprint density at radius 2 is 0.458 bits per heavy atom. The Morgan fingerprint density at radius 3 is 0.667 bits per heavy atom.